The molecule has 0 spiro atoms. The lowest BCUT2D eigenvalue weighted by molar-refractivity contribution is -0.121. The van der Waals surface area contributed by atoms with E-state index in [2.05, 4.69) is 5.32 Å². The van der Waals surface area contributed by atoms with Crippen molar-refractivity contribution in [1.82, 2.24) is 5.32 Å². The molecule has 1 aliphatic rings. The number of carbonyl (C=O) groups excluding carboxylic acids is 1. The topological polar surface area (TPSA) is 64.3 Å². The van der Waals surface area contributed by atoms with E-state index in [0.717, 1.165) is 0 Å². The first-order valence-electron chi connectivity index (χ1n) is 7.06. The van der Waals surface area contributed by atoms with E-state index in [0.29, 0.717) is 42.7 Å². The molecule has 1 aromatic carbocycles. The first kappa shape index (κ1) is 15.1. The molecular weight excluding hydrogens is 276 g/mol. The number of hydrogen-bond acceptors (Lipinski definition) is 3. The molecule has 1 aliphatic carbocycles. The molecule has 1 unspecified atom stereocenters. The Labute approximate surface area is 124 Å². The van der Waals surface area contributed by atoms with E-state index in [9.17, 15) is 4.79 Å². The summed E-state index contributed by atoms with van der Waals surface area (Å²) >= 11 is 5.97. The maximum Gasteiger partial charge on any atom is 0.220 e. The van der Waals surface area contributed by atoms with E-state index in [1.807, 2.05) is 18.2 Å². The van der Waals surface area contributed by atoms with Gasteiger partial charge in [0.25, 0.3) is 0 Å². The molecule has 5 heteroatoms. The number of halogens is 1. The quantitative estimate of drug-likeness (QED) is 0.724. The Balaban J connectivity index is 1.56. The van der Waals surface area contributed by atoms with Gasteiger partial charge in [0.2, 0.25) is 5.91 Å². The number of hydrogen-bond donors (Lipinski definition) is 2. The highest BCUT2D eigenvalue weighted by Gasteiger charge is 2.28. The number of rotatable bonds is 8. The molecule has 0 aliphatic heterocycles. The van der Waals surface area contributed by atoms with Gasteiger partial charge in [-0.3, -0.25) is 4.79 Å². The predicted molar refractivity (Wildman–Crippen MR) is 79.9 cm³/mol. The molecule has 20 heavy (non-hydrogen) atoms. The number of para-hydroxylation sites is 1. The lowest BCUT2D eigenvalue weighted by atomic mass is 10.2. The van der Waals surface area contributed by atoms with E-state index in [-0.39, 0.29) is 11.9 Å². The van der Waals surface area contributed by atoms with Crippen LogP contribution in [0.3, 0.4) is 0 Å². The van der Waals surface area contributed by atoms with Crippen molar-refractivity contribution < 1.29 is 9.53 Å². The molecule has 0 radical (unpaired) electrons. The Hall–Kier alpha value is -1.26. The van der Waals surface area contributed by atoms with Crippen LogP contribution in [-0.4, -0.2) is 25.1 Å². The highest BCUT2D eigenvalue weighted by molar-refractivity contribution is 6.32. The SMILES string of the molecule is NC(CNC(=O)CCCOc1ccccc1Cl)C1CC1. The zero-order valence-corrected chi connectivity index (χ0v) is 12.2. The summed E-state index contributed by atoms with van der Waals surface area (Å²) in [4.78, 5) is 11.6. The van der Waals surface area contributed by atoms with Crippen LogP contribution in [0.2, 0.25) is 5.02 Å². The molecule has 1 aromatic rings. The highest BCUT2D eigenvalue weighted by Crippen LogP contribution is 2.31. The summed E-state index contributed by atoms with van der Waals surface area (Å²) in [7, 11) is 0. The second kappa shape index (κ2) is 7.50. The Morgan fingerprint density at radius 3 is 2.90 bits per heavy atom. The first-order valence-corrected chi connectivity index (χ1v) is 7.44. The van der Waals surface area contributed by atoms with Crippen molar-refractivity contribution in [3.63, 3.8) is 0 Å². The van der Waals surface area contributed by atoms with Gasteiger partial charge in [-0.1, -0.05) is 23.7 Å². The molecule has 110 valence electrons. The van der Waals surface area contributed by atoms with Crippen molar-refractivity contribution in [2.45, 2.75) is 31.7 Å². The Kier molecular flexibility index (Phi) is 5.68. The first-order chi connectivity index (χ1) is 9.66. The smallest absolute Gasteiger partial charge is 0.220 e. The van der Waals surface area contributed by atoms with E-state index in [4.69, 9.17) is 22.1 Å². The molecule has 0 bridgehead atoms. The third-order valence-electron chi connectivity index (χ3n) is 3.40. The van der Waals surface area contributed by atoms with Crippen LogP contribution in [0, 0.1) is 5.92 Å². The minimum Gasteiger partial charge on any atom is -0.492 e. The standard InChI is InChI=1S/C15H21ClN2O2/c16-12-4-1-2-5-14(12)20-9-3-6-15(19)18-10-13(17)11-7-8-11/h1-2,4-5,11,13H,3,6-10,17H2,(H,18,19). The monoisotopic (exact) mass is 296 g/mol. The van der Waals surface area contributed by atoms with E-state index in [1.54, 1.807) is 6.07 Å². The van der Waals surface area contributed by atoms with Crippen molar-refractivity contribution in [1.29, 1.82) is 0 Å². The van der Waals surface area contributed by atoms with Gasteiger partial charge >= 0.3 is 0 Å². The minimum absolute atomic E-state index is 0.0314. The molecule has 0 saturated heterocycles. The molecule has 1 saturated carbocycles. The van der Waals surface area contributed by atoms with Crippen LogP contribution in [-0.2, 0) is 4.79 Å². The molecule has 3 N–H and O–H groups in total. The summed E-state index contributed by atoms with van der Waals surface area (Å²) < 4.78 is 5.52. The normalized spacial score (nSPS) is 15.7. The summed E-state index contributed by atoms with van der Waals surface area (Å²) in [5.74, 6) is 1.30. The molecule has 0 heterocycles. The van der Waals surface area contributed by atoms with Crippen LogP contribution >= 0.6 is 11.6 Å². The van der Waals surface area contributed by atoms with Crippen molar-refractivity contribution in [2.24, 2.45) is 11.7 Å². The van der Waals surface area contributed by atoms with Crippen LogP contribution in [0.4, 0.5) is 0 Å². The molecule has 1 atom stereocenters. The van der Waals surface area contributed by atoms with Crippen molar-refractivity contribution in [3.05, 3.63) is 29.3 Å². The molecule has 4 nitrogen and oxygen atoms in total. The van der Waals surface area contributed by atoms with Gasteiger partial charge in [0.15, 0.2) is 0 Å². The van der Waals surface area contributed by atoms with Gasteiger partial charge in [0.1, 0.15) is 5.75 Å². The van der Waals surface area contributed by atoms with Crippen molar-refractivity contribution in [3.8, 4) is 5.75 Å². The highest BCUT2D eigenvalue weighted by atomic mass is 35.5. The second-order valence-electron chi connectivity index (χ2n) is 5.19. The van der Waals surface area contributed by atoms with E-state index in [1.165, 1.54) is 12.8 Å². The van der Waals surface area contributed by atoms with Crippen LogP contribution in [0.1, 0.15) is 25.7 Å². The van der Waals surface area contributed by atoms with Gasteiger partial charge in [-0.25, -0.2) is 0 Å². The van der Waals surface area contributed by atoms with Gasteiger partial charge in [-0.05, 0) is 37.3 Å². The zero-order valence-electron chi connectivity index (χ0n) is 11.5. The summed E-state index contributed by atoms with van der Waals surface area (Å²) in [5, 5.41) is 3.46. The van der Waals surface area contributed by atoms with E-state index >= 15 is 0 Å². The third kappa shape index (κ3) is 5.02. The number of ether oxygens (including phenoxy) is 1. The number of amides is 1. The number of carbonyl (C=O) groups is 1. The maximum absolute atomic E-state index is 11.6. The maximum atomic E-state index is 11.6. The lowest BCUT2D eigenvalue weighted by Gasteiger charge is -2.11. The number of nitrogens with two attached hydrogens (primary N) is 1. The lowest BCUT2D eigenvalue weighted by Crippen LogP contribution is -2.38. The van der Waals surface area contributed by atoms with Gasteiger partial charge in [0, 0.05) is 19.0 Å². The fraction of sp³-hybridized carbons (Fsp3) is 0.533. The Morgan fingerprint density at radius 1 is 1.45 bits per heavy atom. The number of nitrogens with one attached hydrogen (secondary N) is 1. The van der Waals surface area contributed by atoms with Crippen LogP contribution in [0.15, 0.2) is 24.3 Å². The summed E-state index contributed by atoms with van der Waals surface area (Å²) in [6.45, 7) is 1.06. The Bertz CT molecular complexity index is 449. The zero-order chi connectivity index (χ0) is 14.4. The summed E-state index contributed by atoms with van der Waals surface area (Å²) in [6, 6.07) is 7.43. The fourth-order valence-electron chi connectivity index (χ4n) is 1.99. The second-order valence-corrected chi connectivity index (χ2v) is 5.59. The summed E-state index contributed by atoms with van der Waals surface area (Å²) in [6.07, 6.45) is 3.50. The average Bonchev–Trinajstić information content (AvgIpc) is 3.27. The summed E-state index contributed by atoms with van der Waals surface area (Å²) in [5.41, 5.74) is 5.92. The Morgan fingerprint density at radius 2 is 2.20 bits per heavy atom. The minimum atomic E-state index is 0.0314. The molecule has 0 aromatic heterocycles. The van der Waals surface area contributed by atoms with Gasteiger partial charge in [-0.2, -0.15) is 0 Å². The third-order valence-corrected chi connectivity index (χ3v) is 3.72. The van der Waals surface area contributed by atoms with Crippen LogP contribution in [0.5, 0.6) is 5.75 Å². The van der Waals surface area contributed by atoms with Gasteiger partial charge in [-0.15, -0.1) is 0 Å². The average molecular weight is 297 g/mol. The predicted octanol–water partition coefficient (Wildman–Crippen LogP) is 2.35. The molecular formula is C15H21ClN2O2. The molecule has 1 amide bonds. The number of benzene rings is 1. The fourth-order valence-corrected chi connectivity index (χ4v) is 2.18. The van der Waals surface area contributed by atoms with Gasteiger partial charge < -0.3 is 15.8 Å². The van der Waals surface area contributed by atoms with Crippen molar-refractivity contribution >= 4 is 17.5 Å². The molecule has 2 rings (SSSR count). The largest absolute Gasteiger partial charge is 0.492 e. The van der Waals surface area contributed by atoms with E-state index < -0.39 is 0 Å². The van der Waals surface area contributed by atoms with Gasteiger partial charge in [0.05, 0.1) is 11.6 Å². The van der Waals surface area contributed by atoms with Crippen LogP contribution < -0.4 is 15.8 Å². The molecule has 1 fully saturated rings. The van der Waals surface area contributed by atoms with Crippen molar-refractivity contribution in [2.75, 3.05) is 13.2 Å². The van der Waals surface area contributed by atoms with Crippen LogP contribution in [0.25, 0.3) is 0 Å².